The van der Waals surface area contributed by atoms with Gasteiger partial charge in [0.15, 0.2) is 0 Å². The first-order valence-corrected chi connectivity index (χ1v) is 9.68. The van der Waals surface area contributed by atoms with Gasteiger partial charge in [0.05, 0.1) is 0 Å². The lowest BCUT2D eigenvalue weighted by molar-refractivity contribution is 0.195. The molecule has 134 valence electrons. The Morgan fingerprint density at radius 2 is 2.00 bits per heavy atom. The number of amides is 2. The number of urea groups is 1. The maximum absolute atomic E-state index is 12.4. The van der Waals surface area contributed by atoms with Crippen molar-refractivity contribution < 1.29 is 4.79 Å². The Hall–Kier alpha value is -2.44. The lowest BCUT2D eigenvalue weighted by Crippen LogP contribution is -2.44. The SMILES string of the molecule is Cc1ccc(-c2ccc3cnc(NC(=O)N4CCC(N)CC4)cc3c2)s1. The third kappa shape index (κ3) is 3.57. The number of hydrogen-bond donors (Lipinski definition) is 2. The molecule has 0 unspecified atom stereocenters. The van der Waals surface area contributed by atoms with Gasteiger partial charge in [0.25, 0.3) is 0 Å². The van der Waals surface area contributed by atoms with E-state index in [0.29, 0.717) is 18.9 Å². The van der Waals surface area contributed by atoms with Crippen LogP contribution >= 0.6 is 11.3 Å². The van der Waals surface area contributed by atoms with Crippen LogP contribution in [0, 0.1) is 6.92 Å². The number of fused-ring (bicyclic) bond motifs is 1. The molecule has 3 heterocycles. The number of rotatable bonds is 2. The second-order valence-electron chi connectivity index (χ2n) is 6.80. The molecule has 1 saturated heterocycles. The fourth-order valence-corrected chi connectivity index (χ4v) is 4.11. The van der Waals surface area contributed by atoms with Crippen LogP contribution in [0.3, 0.4) is 0 Å². The largest absolute Gasteiger partial charge is 0.328 e. The highest BCUT2D eigenvalue weighted by atomic mass is 32.1. The number of aromatic nitrogens is 1. The Labute approximate surface area is 156 Å². The standard InChI is InChI=1S/C20H22N4OS/c1-13-2-5-18(26-13)14-3-4-15-12-22-19(11-16(15)10-14)23-20(25)24-8-6-17(21)7-9-24/h2-5,10-12,17H,6-9,21H2,1H3,(H,22,23,25). The number of nitrogens with two attached hydrogens (primary N) is 1. The van der Waals surface area contributed by atoms with Crippen molar-refractivity contribution in [1.82, 2.24) is 9.88 Å². The summed E-state index contributed by atoms with van der Waals surface area (Å²) in [5, 5.41) is 5.05. The Kier molecular flexibility index (Phi) is 4.61. The zero-order valence-corrected chi connectivity index (χ0v) is 15.6. The van der Waals surface area contributed by atoms with Gasteiger partial charge in [-0.1, -0.05) is 12.1 Å². The molecule has 5 nitrogen and oxygen atoms in total. The number of likely N-dealkylation sites (tertiary alicyclic amines) is 1. The molecule has 1 aliphatic heterocycles. The second kappa shape index (κ2) is 7.05. The summed E-state index contributed by atoms with van der Waals surface area (Å²) in [6.07, 6.45) is 3.50. The van der Waals surface area contributed by atoms with E-state index < -0.39 is 0 Å². The van der Waals surface area contributed by atoms with E-state index in [1.807, 2.05) is 6.07 Å². The molecule has 2 amide bonds. The number of carbonyl (C=O) groups is 1. The van der Waals surface area contributed by atoms with E-state index in [-0.39, 0.29) is 12.1 Å². The van der Waals surface area contributed by atoms with Crippen molar-refractivity contribution in [3.05, 3.63) is 47.5 Å². The maximum atomic E-state index is 12.4. The molecule has 1 fully saturated rings. The average molecular weight is 366 g/mol. The van der Waals surface area contributed by atoms with Crippen LogP contribution in [0.1, 0.15) is 17.7 Å². The molecule has 0 radical (unpaired) electrons. The smallest absolute Gasteiger partial charge is 0.323 e. The summed E-state index contributed by atoms with van der Waals surface area (Å²) >= 11 is 1.78. The molecule has 0 atom stereocenters. The summed E-state index contributed by atoms with van der Waals surface area (Å²) in [6.45, 7) is 3.51. The van der Waals surface area contributed by atoms with Crippen LogP contribution < -0.4 is 11.1 Å². The van der Waals surface area contributed by atoms with Crippen LogP contribution in [0.5, 0.6) is 0 Å². The van der Waals surface area contributed by atoms with Gasteiger partial charge in [-0.2, -0.15) is 0 Å². The van der Waals surface area contributed by atoms with Crippen molar-refractivity contribution in [2.24, 2.45) is 5.73 Å². The molecule has 3 N–H and O–H groups in total. The van der Waals surface area contributed by atoms with Crippen LogP contribution in [0.2, 0.25) is 0 Å². The highest BCUT2D eigenvalue weighted by Gasteiger charge is 2.20. The molecule has 26 heavy (non-hydrogen) atoms. The monoisotopic (exact) mass is 366 g/mol. The van der Waals surface area contributed by atoms with E-state index in [1.54, 1.807) is 22.4 Å². The Bertz CT molecular complexity index is 944. The molecule has 0 aliphatic carbocycles. The molecule has 1 aromatic carbocycles. The Balaban J connectivity index is 1.55. The van der Waals surface area contributed by atoms with Gasteiger partial charge in [0.1, 0.15) is 5.82 Å². The normalized spacial score (nSPS) is 15.4. The topological polar surface area (TPSA) is 71.2 Å². The van der Waals surface area contributed by atoms with Crippen LogP contribution in [0.15, 0.2) is 42.6 Å². The van der Waals surface area contributed by atoms with Crippen LogP contribution in [-0.4, -0.2) is 35.0 Å². The molecule has 0 bridgehead atoms. The predicted molar refractivity (Wildman–Crippen MR) is 108 cm³/mol. The molecular weight excluding hydrogens is 344 g/mol. The Morgan fingerprint density at radius 3 is 2.73 bits per heavy atom. The molecule has 0 spiro atoms. The van der Waals surface area contributed by atoms with Gasteiger partial charge >= 0.3 is 6.03 Å². The number of aryl methyl sites for hydroxylation is 1. The second-order valence-corrected chi connectivity index (χ2v) is 8.08. The number of nitrogens with zero attached hydrogens (tertiary/aromatic N) is 2. The zero-order chi connectivity index (χ0) is 18.1. The maximum Gasteiger partial charge on any atom is 0.323 e. The van der Waals surface area contributed by atoms with E-state index >= 15 is 0 Å². The molecule has 4 rings (SSSR count). The van der Waals surface area contributed by atoms with Crippen molar-refractivity contribution >= 4 is 34.0 Å². The molecule has 6 heteroatoms. The number of piperidine rings is 1. The van der Waals surface area contributed by atoms with Gasteiger partial charge in [0, 0.05) is 40.5 Å². The summed E-state index contributed by atoms with van der Waals surface area (Å²) in [4.78, 5) is 21.2. The average Bonchev–Trinajstić information content (AvgIpc) is 3.08. The minimum Gasteiger partial charge on any atom is -0.328 e. The fraction of sp³-hybridized carbons (Fsp3) is 0.300. The highest BCUT2D eigenvalue weighted by molar-refractivity contribution is 7.15. The number of carbonyl (C=O) groups excluding carboxylic acids is 1. The summed E-state index contributed by atoms with van der Waals surface area (Å²) < 4.78 is 0. The van der Waals surface area contributed by atoms with Crippen LogP contribution in [-0.2, 0) is 0 Å². The van der Waals surface area contributed by atoms with Crippen molar-refractivity contribution in [3.8, 4) is 10.4 Å². The Morgan fingerprint density at radius 1 is 1.19 bits per heavy atom. The summed E-state index contributed by atoms with van der Waals surface area (Å²) in [5.74, 6) is 0.580. The summed E-state index contributed by atoms with van der Waals surface area (Å²) in [7, 11) is 0. The minimum absolute atomic E-state index is 0.103. The molecule has 2 aromatic heterocycles. The number of pyridine rings is 1. The van der Waals surface area contributed by atoms with E-state index in [0.717, 1.165) is 23.6 Å². The van der Waals surface area contributed by atoms with Crippen LogP contribution in [0.25, 0.3) is 21.2 Å². The zero-order valence-electron chi connectivity index (χ0n) is 14.7. The lowest BCUT2D eigenvalue weighted by atomic mass is 10.1. The van der Waals surface area contributed by atoms with Gasteiger partial charge in [-0.15, -0.1) is 11.3 Å². The van der Waals surface area contributed by atoms with E-state index in [9.17, 15) is 4.79 Å². The first-order chi connectivity index (χ1) is 12.6. The molecule has 1 aliphatic rings. The quantitative estimate of drug-likeness (QED) is 0.713. The number of benzene rings is 1. The lowest BCUT2D eigenvalue weighted by Gasteiger charge is -2.30. The molecular formula is C20H22N4OS. The molecule has 0 saturated carbocycles. The van der Waals surface area contributed by atoms with Gasteiger partial charge in [-0.05, 0) is 55.0 Å². The predicted octanol–water partition coefficient (Wildman–Crippen LogP) is 4.23. The van der Waals surface area contributed by atoms with Crippen molar-refractivity contribution in [2.45, 2.75) is 25.8 Å². The summed E-state index contributed by atoms with van der Waals surface area (Å²) in [6, 6.07) is 12.7. The first kappa shape index (κ1) is 17.0. The highest BCUT2D eigenvalue weighted by Crippen LogP contribution is 2.30. The van der Waals surface area contributed by atoms with Crippen molar-refractivity contribution in [3.63, 3.8) is 0 Å². The first-order valence-electron chi connectivity index (χ1n) is 8.86. The van der Waals surface area contributed by atoms with E-state index in [4.69, 9.17) is 5.73 Å². The van der Waals surface area contributed by atoms with Gasteiger partial charge in [-0.3, -0.25) is 5.32 Å². The van der Waals surface area contributed by atoms with E-state index in [2.05, 4.69) is 47.6 Å². The minimum atomic E-state index is -0.103. The number of anilines is 1. The summed E-state index contributed by atoms with van der Waals surface area (Å²) in [5.41, 5.74) is 7.09. The van der Waals surface area contributed by atoms with Gasteiger partial charge < -0.3 is 10.6 Å². The third-order valence-corrected chi connectivity index (χ3v) is 5.86. The van der Waals surface area contributed by atoms with E-state index in [1.165, 1.54) is 15.3 Å². The van der Waals surface area contributed by atoms with Crippen molar-refractivity contribution in [1.29, 1.82) is 0 Å². The third-order valence-electron chi connectivity index (χ3n) is 4.81. The number of hydrogen-bond acceptors (Lipinski definition) is 4. The molecule has 3 aromatic rings. The van der Waals surface area contributed by atoms with Gasteiger partial charge in [-0.25, -0.2) is 9.78 Å². The van der Waals surface area contributed by atoms with Crippen molar-refractivity contribution in [2.75, 3.05) is 18.4 Å². The van der Waals surface area contributed by atoms with Crippen LogP contribution in [0.4, 0.5) is 10.6 Å². The van der Waals surface area contributed by atoms with Gasteiger partial charge in [0.2, 0.25) is 0 Å². The number of nitrogens with one attached hydrogen (secondary N) is 1. The fourth-order valence-electron chi connectivity index (χ4n) is 3.24. The number of thiophene rings is 1.